The van der Waals surface area contributed by atoms with E-state index in [1.165, 1.54) is 9.69 Å². The minimum atomic E-state index is -3.42. The molecule has 0 aliphatic carbocycles. The number of benzene rings is 3. The fourth-order valence-electron chi connectivity index (χ4n) is 3.96. The molecule has 0 atom stereocenters. The number of rotatable bonds is 6. The predicted molar refractivity (Wildman–Crippen MR) is 124 cm³/mol. The van der Waals surface area contributed by atoms with Crippen LogP contribution in [0.2, 0.25) is 5.02 Å². The molecule has 162 valence electrons. The molecule has 0 aromatic heterocycles. The third-order valence-corrected chi connectivity index (χ3v) is 7.86. The molecule has 3 aromatic rings. The predicted octanol–water partition coefficient (Wildman–Crippen LogP) is 4.35. The highest BCUT2D eigenvalue weighted by Gasteiger charge is 2.31. The zero-order chi connectivity index (χ0) is 21.8. The first-order valence-corrected chi connectivity index (χ1v) is 12.4. The maximum atomic E-state index is 12.7. The second-order valence-corrected chi connectivity index (χ2v) is 10.4. The first-order valence-electron chi connectivity index (χ1n) is 10.4. The number of carbonyl (C=O) groups excluding carboxylic acids is 1. The second-order valence-electron chi connectivity index (χ2n) is 7.96. The van der Waals surface area contributed by atoms with Crippen LogP contribution in [0.4, 0.5) is 0 Å². The van der Waals surface area contributed by atoms with Crippen LogP contribution in [-0.4, -0.2) is 31.7 Å². The van der Waals surface area contributed by atoms with Gasteiger partial charge in [0.1, 0.15) is 0 Å². The normalized spacial score (nSPS) is 15.8. The summed E-state index contributed by atoms with van der Waals surface area (Å²) in [6, 6.07) is 21.1. The first kappa shape index (κ1) is 21.8. The molecule has 1 amide bonds. The molecule has 7 heteroatoms. The maximum absolute atomic E-state index is 12.7. The van der Waals surface area contributed by atoms with E-state index in [1.807, 2.05) is 18.2 Å². The minimum absolute atomic E-state index is 0.0112. The van der Waals surface area contributed by atoms with E-state index >= 15 is 0 Å². The van der Waals surface area contributed by atoms with Gasteiger partial charge in [0.2, 0.25) is 15.9 Å². The summed E-state index contributed by atoms with van der Waals surface area (Å²) in [6.07, 6.45) is 1.06. The molecular formula is C24H25ClN2O3S. The number of piperidine rings is 1. The summed E-state index contributed by atoms with van der Waals surface area (Å²) in [5.74, 6) is -0.228. The lowest BCUT2D eigenvalue weighted by Gasteiger charge is -2.30. The van der Waals surface area contributed by atoms with Gasteiger partial charge in [-0.2, -0.15) is 0 Å². The molecule has 0 unspecified atom stereocenters. The zero-order valence-electron chi connectivity index (χ0n) is 17.1. The summed E-state index contributed by atoms with van der Waals surface area (Å²) in [4.78, 5) is 12.6. The van der Waals surface area contributed by atoms with Gasteiger partial charge in [-0.05, 0) is 52.9 Å². The van der Waals surface area contributed by atoms with E-state index in [-0.39, 0.29) is 17.6 Å². The number of sulfonamides is 1. The number of hydrogen-bond donors (Lipinski definition) is 1. The molecule has 0 saturated carbocycles. The topological polar surface area (TPSA) is 66.5 Å². The molecule has 0 bridgehead atoms. The van der Waals surface area contributed by atoms with Crippen molar-refractivity contribution in [3.8, 4) is 0 Å². The lowest BCUT2D eigenvalue weighted by Crippen LogP contribution is -2.43. The summed E-state index contributed by atoms with van der Waals surface area (Å²) >= 11 is 5.87. The Morgan fingerprint density at radius 1 is 0.935 bits per heavy atom. The summed E-state index contributed by atoms with van der Waals surface area (Å²) in [5, 5.41) is 5.91. The molecule has 1 fully saturated rings. The Labute approximate surface area is 188 Å². The van der Waals surface area contributed by atoms with Gasteiger partial charge in [0, 0.05) is 30.6 Å². The Hall–Kier alpha value is -2.41. The molecule has 5 nitrogen and oxygen atoms in total. The zero-order valence-corrected chi connectivity index (χ0v) is 18.7. The molecule has 0 spiro atoms. The molecule has 0 radical (unpaired) electrons. The highest BCUT2D eigenvalue weighted by molar-refractivity contribution is 7.88. The highest BCUT2D eigenvalue weighted by Crippen LogP contribution is 2.23. The average molecular weight is 457 g/mol. The van der Waals surface area contributed by atoms with Crippen molar-refractivity contribution in [2.75, 3.05) is 13.1 Å². The quantitative estimate of drug-likeness (QED) is 0.599. The molecule has 1 aliphatic rings. The molecule has 1 saturated heterocycles. The largest absolute Gasteiger partial charge is 0.352 e. The van der Waals surface area contributed by atoms with Crippen LogP contribution in [0, 0.1) is 5.92 Å². The van der Waals surface area contributed by atoms with Crippen molar-refractivity contribution < 1.29 is 13.2 Å². The lowest BCUT2D eigenvalue weighted by molar-refractivity contribution is -0.126. The fourth-order valence-corrected chi connectivity index (χ4v) is 5.65. The van der Waals surface area contributed by atoms with E-state index < -0.39 is 10.0 Å². The summed E-state index contributed by atoms with van der Waals surface area (Å²) in [7, 11) is -3.42. The number of nitrogens with zero attached hydrogens (tertiary/aromatic N) is 1. The minimum Gasteiger partial charge on any atom is -0.352 e. The molecule has 4 rings (SSSR count). The molecule has 1 aliphatic heterocycles. The van der Waals surface area contributed by atoms with Crippen LogP contribution in [0.5, 0.6) is 0 Å². The number of amides is 1. The molecule has 3 aromatic carbocycles. The third kappa shape index (κ3) is 5.45. The van der Waals surface area contributed by atoms with Crippen molar-refractivity contribution in [2.24, 2.45) is 5.92 Å². The van der Waals surface area contributed by atoms with Crippen molar-refractivity contribution in [2.45, 2.75) is 25.1 Å². The Bertz CT molecular complexity index is 1170. The molecule has 1 N–H and O–H groups in total. The van der Waals surface area contributed by atoms with Gasteiger partial charge in [-0.25, -0.2) is 12.7 Å². The number of carbonyl (C=O) groups is 1. The van der Waals surface area contributed by atoms with E-state index in [0.717, 1.165) is 10.9 Å². The van der Waals surface area contributed by atoms with Gasteiger partial charge in [0.15, 0.2) is 0 Å². The van der Waals surface area contributed by atoms with Gasteiger partial charge < -0.3 is 5.32 Å². The van der Waals surface area contributed by atoms with Crippen LogP contribution < -0.4 is 5.32 Å². The number of fused-ring (bicyclic) bond motifs is 1. The highest BCUT2D eigenvalue weighted by atomic mass is 35.5. The van der Waals surface area contributed by atoms with Gasteiger partial charge in [0.25, 0.3) is 0 Å². The van der Waals surface area contributed by atoms with Crippen molar-refractivity contribution >= 4 is 38.3 Å². The molecule has 1 heterocycles. The summed E-state index contributed by atoms with van der Waals surface area (Å²) in [5.41, 5.74) is 1.76. The van der Waals surface area contributed by atoms with Gasteiger partial charge >= 0.3 is 0 Å². The van der Waals surface area contributed by atoms with Crippen LogP contribution in [0.1, 0.15) is 24.0 Å². The van der Waals surface area contributed by atoms with Crippen LogP contribution in [-0.2, 0) is 27.1 Å². The molecule has 31 heavy (non-hydrogen) atoms. The van der Waals surface area contributed by atoms with Gasteiger partial charge in [0.05, 0.1) is 5.75 Å². The third-order valence-electron chi connectivity index (χ3n) is 5.76. The van der Waals surface area contributed by atoms with E-state index in [9.17, 15) is 13.2 Å². The van der Waals surface area contributed by atoms with Gasteiger partial charge in [-0.3, -0.25) is 4.79 Å². The average Bonchev–Trinajstić information content (AvgIpc) is 2.79. The van der Waals surface area contributed by atoms with Crippen molar-refractivity contribution in [3.63, 3.8) is 0 Å². The van der Waals surface area contributed by atoms with Crippen LogP contribution >= 0.6 is 11.6 Å². The fraction of sp³-hybridized carbons (Fsp3) is 0.292. The SMILES string of the molecule is O=C(NCc1ccc2ccccc2c1)C1CCN(S(=O)(=O)Cc2ccc(Cl)cc2)CC1. The second kappa shape index (κ2) is 9.39. The monoisotopic (exact) mass is 456 g/mol. The van der Waals surface area contributed by atoms with Crippen LogP contribution in [0.3, 0.4) is 0 Å². The van der Waals surface area contributed by atoms with Crippen molar-refractivity contribution in [1.82, 2.24) is 9.62 Å². The van der Waals surface area contributed by atoms with Crippen LogP contribution in [0.15, 0.2) is 66.7 Å². The van der Waals surface area contributed by atoms with Crippen LogP contribution in [0.25, 0.3) is 10.8 Å². The lowest BCUT2D eigenvalue weighted by atomic mass is 9.97. The van der Waals surface area contributed by atoms with E-state index in [4.69, 9.17) is 11.6 Å². The standard InChI is InChI=1S/C24H25ClN2O3S/c25-23-9-6-18(7-10-23)17-31(29,30)27-13-11-21(12-14-27)24(28)26-16-19-5-8-20-3-1-2-4-22(20)15-19/h1-10,15,21H,11-14,16-17H2,(H,26,28). The first-order chi connectivity index (χ1) is 14.9. The number of nitrogens with one attached hydrogen (secondary N) is 1. The molecular weight excluding hydrogens is 432 g/mol. The maximum Gasteiger partial charge on any atom is 0.223 e. The Balaban J connectivity index is 1.29. The number of hydrogen-bond acceptors (Lipinski definition) is 3. The van der Waals surface area contributed by atoms with E-state index in [2.05, 4.69) is 29.6 Å². The van der Waals surface area contributed by atoms with Gasteiger partial charge in [-0.15, -0.1) is 0 Å². The smallest absolute Gasteiger partial charge is 0.223 e. The number of halogens is 1. The summed E-state index contributed by atoms with van der Waals surface area (Å²) < 4.78 is 26.9. The Morgan fingerprint density at radius 2 is 1.58 bits per heavy atom. The Morgan fingerprint density at radius 3 is 2.29 bits per heavy atom. The van der Waals surface area contributed by atoms with Crippen molar-refractivity contribution in [3.05, 3.63) is 82.9 Å². The van der Waals surface area contributed by atoms with Crippen molar-refractivity contribution in [1.29, 1.82) is 0 Å². The van der Waals surface area contributed by atoms with E-state index in [1.54, 1.807) is 24.3 Å². The Kier molecular flexibility index (Phi) is 6.60. The van der Waals surface area contributed by atoms with Gasteiger partial charge in [-0.1, -0.05) is 60.1 Å². The summed E-state index contributed by atoms with van der Waals surface area (Å²) in [6.45, 7) is 1.20. The van der Waals surface area contributed by atoms with E-state index in [0.29, 0.717) is 43.1 Å².